The molecule has 7 nitrogen and oxygen atoms in total. The van der Waals surface area contributed by atoms with Crippen LogP contribution < -0.4 is 16.0 Å². The van der Waals surface area contributed by atoms with E-state index in [0.717, 1.165) is 12.1 Å². The van der Waals surface area contributed by atoms with E-state index < -0.39 is 36.1 Å². The van der Waals surface area contributed by atoms with Crippen LogP contribution in [0.25, 0.3) is 11.0 Å². The highest BCUT2D eigenvalue weighted by atomic mass is 19.4. The molecular formula is C17H16F4N4O3. The average molecular weight is 400 g/mol. The zero-order valence-electron chi connectivity index (χ0n) is 14.8. The molecule has 2 aromatic heterocycles. The maximum Gasteiger partial charge on any atom is 0.573 e. The Morgan fingerprint density at radius 3 is 2.32 bits per heavy atom. The number of hydrogen-bond donors (Lipinski definition) is 2. The van der Waals surface area contributed by atoms with Crippen molar-refractivity contribution >= 4 is 11.0 Å². The third-order valence-corrected chi connectivity index (χ3v) is 4.15. The van der Waals surface area contributed by atoms with E-state index in [1.54, 1.807) is 0 Å². The van der Waals surface area contributed by atoms with E-state index in [0.29, 0.717) is 5.56 Å². The van der Waals surface area contributed by atoms with E-state index in [1.807, 2.05) is 18.8 Å². The van der Waals surface area contributed by atoms with Gasteiger partial charge in [0.1, 0.15) is 29.2 Å². The lowest BCUT2D eigenvalue weighted by molar-refractivity contribution is -0.274. The van der Waals surface area contributed by atoms with E-state index >= 15 is 0 Å². The van der Waals surface area contributed by atoms with Gasteiger partial charge in [0, 0.05) is 0 Å². The lowest BCUT2D eigenvalue weighted by Gasteiger charge is -2.23. The van der Waals surface area contributed by atoms with Crippen LogP contribution in [0.5, 0.6) is 5.75 Å². The van der Waals surface area contributed by atoms with Crippen LogP contribution in [0.1, 0.15) is 31.1 Å². The SMILES string of the molecule is CC(C)[C@@H](c1ccc(OC(F)(F)F)cc1)n1nc(CF)c2c(=O)[nH]c(=O)[nH]c21. The lowest BCUT2D eigenvalue weighted by atomic mass is 9.96. The second-order valence-corrected chi connectivity index (χ2v) is 6.46. The fourth-order valence-corrected chi connectivity index (χ4v) is 3.11. The zero-order chi connectivity index (χ0) is 20.6. The molecule has 3 aromatic rings. The smallest absolute Gasteiger partial charge is 0.406 e. The molecule has 0 aliphatic heterocycles. The molecule has 0 aliphatic carbocycles. The van der Waals surface area contributed by atoms with Gasteiger partial charge in [-0.25, -0.2) is 13.9 Å². The first kappa shape index (κ1) is 19.6. The quantitative estimate of drug-likeness (QED) is 0.644. The topological polar surface area (TPSA) is 92.8 Å². The van der Waals surface area contributed by atoms with Crippen LogP contribution in [0.15, 0.2) is 33.9 Å². The number of ether oxygens (including phenoxy) is 1. The van der Waals surface area contributed by atoms with E-state index in [-0.39, 0.29) is 22.6 Å². The van der Waals surface area contributed by atoms with Crippen LogP contribution in [0, 0.1) is 5.92 Å². The molecule has 0 bridgehead atoms. The Hall–Kier alpha value is -3.11. The second-order valence-electron chi connectivity index (χ2n) is 6.46. The van der Waals surface area contributed by atoms with Crippen LogP contribution in [-0.4, -0.2) is 26.1 Å². The molecule has 0 fully saturated rings. The Kier molecular flexibility index (Phi) is 5.01. The van der Waals surface area contributed by atoms with E-state index in [2.05, 4.69) is 14.8 Å². The number of alkyl halides is 4. The molecule has 1 aromatic carbocycles. The zero-order valence-corrected chi connectivity index (χ0v) is 14.8. The predicted octanol–water partition coefficient (Wildman–Crippen LogP) is 3.03. The van der Waals surface area contributed by atoms with Gasteiger partial charge in [0.05, 0.1) is 6.04 Å². The van der Waals surface area contributed by atoms with Crippen molar-refractivity contribution in [3.8, 4) is 5.75 Å². The average Bonchev–Trinajstić information content (AvgIpc) is 2.93. The van der Waals surface area contributed by atoms with Crippen LogP contribution in [-0.2, 0) is 6.67 Å². The van der Waals surface area contributed by atoms with Crippen LogP contribution in [0.2, 0.25) is 0 Å². The first-order chi connectivity index (χ1) is 13.1. The molecule has 2 heterocycles. The number of halogens is 4. The van der Waals surface area contributed by atoms with Crippen molar-refractivity contribution in [2.24, 2.45) is 5.92 Å². The Balaban J connectivity index is 2.14. The molecule has 0 unspecified atom stereocenters. The van der Waals surface area contributed by atoms with Crippen molar-refractivity contribution < 1.29 is 22.3 Å². The number of rotatable bonds is 5. The van der Waals surface area contributed by atoms with Crippen LogP contribution in [0.4, 0.5) is 17.6 Å². The summed E-state index contributed by atoms with van der Waals surface area (Å²) in [5, 5.41) is 4.05. The number of nitrogens with one attached hydrogen (secondary N) is 2. The van der Waals surface area contributed by atoms with Crippen molar-refractivity contribution in [3.63, 3.8) is 0 Å². The molecule has 0 saturated carbocycles. The summed E-state index contributed by atoms with van der Waals surface area (Å²) in [6, 6.07) is 4.55. The second kappa shape index (κ2) is 7.13. The highest BCUT2D eigenvalue weighted by Crippen LogP contribution is 2.31. The predicted molar refractivity (Wildman–Crippen MR) is 91.9 cm³/mol. The van der Waals surface area contributed by atoms with Crippen LogP contribution >= 0.6 is 0 Å². The fourth-order valence-electron chi connectivity index (χ4n) is 3.11. The molecule has 0 aliphatic rings. The van der Waals surface area contributed by atoms with Crippen molar-refractivity contribution in [2.75, 3.05) is 0 Å². The summed E-state index contributed by atoms with van der Waals surface area (Å²) in [6.45, 7) is 2.61. The summed E-state index contributed by atoms with van der Waals surface area (Å²) >= 11 is 0. The third-order valence-electron chi connectivity index (χ3n) is 4.15. The van der Waals surface area contributed by atoms with Gasteiger partial charge in [-0.3, -0.25) is 14.8 Å². The molecule has 0 amide bonds. The van der Waals surface area contributed by atoms with Gasteiger partial charge in [-0.15, -0.1) is 13.2 Å². The largest absolute Gasteiger partial charge is 0.573 e. The number of hydrogen-bond acceptors (Lipinski definition) is 4. The van der Waals surface area contributed by atoms with Crippen molar-refractivity contribution in [1.82, 2.24) is 19.7 Å². The number of fused-ring (bicyclic) bond motifs is 1. The molecule has 3 rings (SSSR count). The fraction of sp³-hybridized carbons (Fsp3) is 0.353. The van der Waals surface area contributed by atoms with E-state index in [9.17, 15) is 27.2 Å². The number of benzene rings is 1. The van der Waals surface area contributed by atoms with Crippen LogP contribution in [0.3, 0.4) is 0 Å². The molecule has 0 spiro atoms. The van der Waals surface area contributed by atoms with Crippen molar-refractivity contribution in [1.29, 1.82) is 0 Å². The van der Waals surface area contributed by atoms with E-state index in [1.165, 1.54) is 16.8 Å². The molecule has 11 heteroatoms. The molecule has 0 saturated heterocycles. The third kappa shape index (κ3) is 3.78. The molecule has 150 valence electrons. The number of aromatic amines is 2. The monoisotopic (exact) mass is 400 g/mol. The minimum absolute atomic E-state index is 0.0377. The summed E-state index contributed by atoms with van der Waals surface area (Å²) in [6.07, 6.45) is -4.81. The highest BCUT2D eigenvalue weighted by Gasteiger charge is 2.31. The molecule has 0 radical (unpaired) electrons. The number of aromatic nitrogens is 4. The van der Waals surface area contributed by atoms with Gasteiger partial charge < -0.3 is 4.74 Å². The normalized spacial score (nSPS) is 13.2. The van der Waals surface area contributed by atoms with Gasteiger partial charge in [-0.1, -0.05) is 26.0 Å². The van der Waals surface area contributed by atoms with Gasteiger partial charge in [0.2, 0.25) is 0 Å². The van der Waals surface area contributed by atoms with Crippen molar-refractivity contribution in [2.45, 2.75) is 32.9 Å². The van der Waals surface area contributed by atoms with E-state index in [4.69, 9.17) is 0 Å². The maximum atomic E-state index is 13.4. The number of nitrogens with zero attached hydrogens (tertiary/aromatic N) is 2. The number of H-pyrrole nitrogens is 2. The summed E-state index contributed by atoms with van der Waals surface area (Å²) < 4.78 is 55.6. The Labute approximate surface area is 155 Å². The first-order valence-corrected chi connectivity index (χ1v) is 8.26. The lowest BCUT2D eigenvalue weighted by Crippen LogP contribution is -2.24. The maximum absolute atomic E-state index is 13.4. The highest BCUT2D eigenvalue weighted by molar-refractivity contribution is 5.77. The van der Waals surface area contributed by atoms with Gasteiger partial charge >= 0.3 is 12.1 Å². The summed E-state index contributed by atoms with van der Waals surface area (Å²) in [4.78, 5) is 28.3. The molecule has 1 atom stereocenters. The minimum Gasteiger partial charge on any atom is -0.406 e. The summed E-state index contributed by atoms with van der Waals surface area (Å²) in [5.41, 5.74) is -1.11. The molecule has 2 N–H and O–H groups in total. The standard InChI is InChI=1S/C17H16F4N4O3/c1-8(2)13(9-3-5-10(6-4-9)28-17(19,20)21)25-14-12(11(7-18)24-25)15(26)23-16(27)22-14/h3-6,8,13H,7H2,1-2H3,(H2,22,23,26,27)/t13-/m0/s1. The minimum atomic E-state index is -4.81. The molecular weight excluding hydrogens is 384 g/mol. The Bertz CT molecular complexity index is 1100. The Morgan fingerprint density at radius 1 is 1.14 bits per heavy atom. The first-order valence-electron chi connectivity index (χ1n) is 8.26. The van der Waals surface area contributed by atoms with Gasteiger partial charge in [0.15, 0.2) is 0 Å². The summed E-state index contributed by atoms with van der Waals surface area (Å²) in [7, 11) is 0. The van der Waals surface area contributed by atoms with Gasteiger partial charge in [-0.05, 0) is 23.6 Å². The Morgan fingerprint density at radius 2 is 1.79 bits per heavy atom. The molecule has 28 heavy (non-hydrogen) atoms. The van der Waals surface area contributed by atoms with Gasteiger partial charge in [0.25, 0.3) is 5.56 Å². The summed E-state index contributed by atoms with van der Waals surface area (Å²) in [5.74, 6) is -0.550. The van der Waals surface area contributed by atoms with Crippen molar-refractivity contribution in [3.05, 3.63) is 56.4 Å². The van der Waals surface area contributed by atoms with Gasteiger partial charge in [-0.2, -0.15) is 5.10 Å².